The van der Waals surface area contributed by atoms with Gasteiger partial charge < -0.3 is 4.84 Å². The lowest BCUT2D eigenvalue weighted by Crippen LogP contribution is -2.28. The number of oxime groups is 1. The summed E-state index contributed by atoms with van der Waals surface area (Å²) in [5.41, 5.74) is -1.34. The molecule has 2 aromatic rings. The normalized spacial score (nSPS) is 25.6. The molecule has 5 nitrogen and oxygen atoms in total. The minimum atomic E-state index is -1.57. The summed E-state index contributed by atoms with van der Waals surface area (Å²) in [6.07, 6.45) is 0. The molecule has 2 unspecified atom stereocenters. The summed E-state index contributed by atoms with van der Waals surface area (Å²) in [4.78, 5) is 17.6. The predicted molar refractivity (Wildman–Crippen MR) is 89.4 cm³/mol. The molecule has 0 radical (unpaired) electrons. The third-order valence-corrected chi connectivity index (χ3v) is 5.18. The zero-order valence-corrected chi connectivity index (χ0v) is 13.6. The number of nitrogens with zero attached hydrogens (tertiary/aromatic N) is 3. The maximum atomic E-state index is 12.7. The third-order valence-electron chi connectivity index (χ3n) is 4.92. The summed E-state index contributed by atoms with van der Waals surface area (Å²) in [5.74, 6) is -1.34. The Hall–Kier alpha value is -3.15. The molecule has 1 spiro atoms. The van der Waals surface area contributed by atoms with Crippen molar-refractivity contribution in [2.24, 2.45) is 16.0 Å². The van der Waals surface area contributed by atoms with Crippen LogP contribution in [0.5, 0.6) is 0 Å². The number of hydrogen-bond acceptors (Lipinski definition) is 5. The van der Waals surface area contributed by atoms with E-state index in [1.54, 1.807) is 48.5 Å². The molecule has 0 saturated heterocycles. The minimum Gasteiger partial charge on any atom is -0.317 e. The molecule has 4 rings (SSSR count). The lowest BCUT2D eigenvalue weighted by molar-refractivity contribution is -0.145. The van der Waals surface area contributed by atoms with Crippen molar-refractivity contribution in [3.05, 3.63) is 70.7 Å². The molecule has 2 aromatic carbocycles. The molecular weight excluding hydrogens is 338 g/mol. The van der Waals surface area contributed by atoms with Crippen LogP contribution in [0, 0.1) is 33.5 Å². The van der Waals surface area contributed by atoms with E-state index in [0.29, 0.717) is 21.9 Å². The highest BCUT2D eigenvalue weighted by atomic mass is 35.5. The Kier molecular flexibility index (Phi) is 3.18. The fourth-order valence-corrected chi connectivity index (χ4v) is 3.89. The topological polar surface area (TPSA) is 86.2 Å². The Morgan fingerprint density at radius 3 is 2.28 bits per heavy atom. The van der Waals surface area contributed by atoms with Crippen molar-refractivity contribution in [1.29, 1.82) is 10.5 Å². The summed E-state index contributed by atoms with van der Waals surface area (Å²) in [7, 11) is 0. The summed E-state index contributed by atoms with van der Waals surface area (Å²) in [6, 6.07) is 19.9. The van der Waals surface area contributed by atoms with Crippen molar-refractivity contribution in [2.75, 3.05) is 0 Å². The van der Waals surface area contributed by atoms with E-state index in [9.17, 15) is 15.3 Å². The van der Waals surface area contributed by atoms with Crippen LogP contribution in [0.15, 0.2) is 59.8 Å². The number of halogens is 1. The van der Waals surface area contributed by atoms with Gasteiger partial charge >= 0.3 is 5.97 Å². The van der Waals surface area contributed by atoms with Crippen molar-refractivity contribution in [1.82, 2.24) is 0 Å². The Morgan fingerprint density at radius 2 is 1.68 bits per heavy atom. The molecule has 120 valence electrons. The van der Waals surface area contributed by atoms with Crippen molar-refractivity contribution in [3.63, 3.8) is 0 Å². The smallest absolute Gasteiger partial charge is 0.317 e. The van der Waals surface area contributed by atoms with Gasteiger partial charge in [-0.05, 0) is 17.7 Å². The first-order valence-corrected chi connectivity index (χ1v) is 7.93. The summed E-state index contributed by atoms with van der Waals surface area (Å²) >= 11 is 5.93. The van der Waals surface area contributed by atoms with E-state index in [-0.39, 0.29) is 0 Å². The van der Waals surface area contributed by atoms with Gasteiger partial charge in [0.15, 0.2) is 10.8 Å². The zero-order chi connectivity index (χ0) is 17.7. The van der Waals surface area contributed by atoms with E-state index in [1.807, 2.05) is 6.07 Å². The number of benzene rings is 2. The van der Waals surface area contributed by atoms with Crippen LogP contribution in [-0.4, -0.2) is 11.7 Å². The highest BCUT2D eigenvalue weighted by molar-refractivity contribution is 6.30. The summed E-state index contributed by atoms with van der Waals surface area (Å²) < 4.78 is 0. The van der Waals surface area contributed by atoms with Gasteiger partial charge in [0.2, 0.25) is 0 Å². The molecule has 0 amide bonds. The zero-order valence-electron chi connectivity index (χ0n) is 12.8. The van der Waals surface area contributed by atoms with E-state index in [4.69, 9.17) is 16.4 Å². The summed E-state index contributed by atoms with van der Waals surface area (Å²) in [6.45, 7) is 0. The first kappa shape index (κ1) is 15.4. The standard InChI is InChI=1S/C19H10ClN3O2/c20-14-8-6-12(7-9-14)15-18(10-21,11-22)19(15)16(23-25-17(19)24)13-4-2-1-3-5-13/h1-9,15H. The molecule has 1 fully saturated rings. The van der Waals surface area contributed by atoms with Crippen molar-refractivity contribution in [3.8, 4) is 12.1 Å². The van der Waals surface area contributed by atoms with E-state index in [1.165, 1.54) is 0 Å². The number of nitriles is 2. The second kappa shape index (κ2) is 5.17. The number of rotatable bonds is 2. The summed E-state index contributed by atoms with van der Waals surface area (Å²) in [5, 5.41) is 24.0. The van der Waals surface area contributed by atoms with Gasteiger partial charge in [-0.2, -0.15) is 10.5 Å². The molecule has 0 aromatic heterocycles. The van der Waals surface area contributed by atoms with Crippen molar-refractivity contribution >= 4 is 23.3 Å². The van der Waals surface area contributed by atoms with Gasteiger partial charge in [-0.15, -0.1) is 0 Å². The van der Waals surface area contributed by atoms with Gasteiger partial charge in [0, 0.05) is 16.5 Å². The van der Waals surface area contributed by atoms with Gasteiger partial charge in [0.25, 0.3) is 0 Å². The Bertz CT molecular complexity index is 972. The van der Waals surface area contributed by atoms with Crippen LogP contribution in [0.4, 0.5) is 0 Å². The van der Waals surface area contributed by atoms with Crippen LogP contribution in [0.1, 0.15) is 17.0 Å². The minimum absolute atomic E-state index is 0.321. The average Bonchev–Trinajstić information content (AvgIpc) is 3.12. The van der Waals surface area contributed by atoms with Crippen molar-refractivity contribution in [2.45, 2.75) is 5.92 Å². The van der Waals surface area contributed by atoms with E-state index in [0.717, 1.165) is 0 Å². The number of carbonyl (C=O) groups is 1. The van der Waals surface area contributed by atoms with Gasteiger partial charge in [-0.3, -0.25) is 0 Å². The van der Waals surface area contributed by atoms with Crippen LogP contribution < -0.4 is 0 Å². The molecule has 1 aliphatic carbocycles. The molecule has 1 heterocycles. The fourth-order valence-electron chi connectivity index (χ4n) is 3.77. The third kappa shape index (κ3) is 1.76. The second-order valence-electron chi connectivity index (χ2n) is 6.01. The number of carbonyl (C=O) groups excluding carboxylic acids is 1. The molecule has 0 bridgehead atoms. The first-order chi connectivity index (χ1) is 12.1. The van der Waals surface area contributed by atoms with Gasteiger partial charge in [-0.25, -0.2) is 4.79 Å². The largest absolute Gasteiger partial charge is 0.350 e. The lowest BCUT2D eigenvalue weighted by Gasteiger charge is -2.09. The molecule has 0 N–H and O–H groups in total. The quantitative estimate of drug-likeness (QED) is 0.779. The molecular formula is C19H10ClN3O2. The second-order valence-corrected chi connectivity index (χ2v) is 6.45. The molecule has 6 heteroatoms. The first-order valence-electron chi connectivity index (χ1n) is 7.55. The Balaban J connectivity index is 1.93. The van der Waals surface area contributed by atoms with Crippen molar-refractivity contribution < 1.29 is 9.63 Å². The highest BCUT2D eigenvalue weighted by Crippen LogP contribution is 2.76. The van der Waals surface area contributed by atoms with E-state index < -0.39 is 22.7 Å². The maximum Gasteiger partial charge on any atom is 0.350 e. The van der Waals surface area contributed by atoms with E-state index >= 15 is 0 Å². The Labute approximate surface area is 148 Å². The Morgan fingerprint density at radius 1 is 1.04 bits per heavy atom. The van der Waals surface area contributed by atoms with Crippen LogP contribution >= 0.6 is 11.6 Å². The average molecular weight is 348 g/mol. The predicted octanol–water partition coefficient (Wildman–Crippen LogP) is 3.42. The van der Waals surface area contributed by atoms with Crippen LogP contribution in [0.25, 0.3) is 0 Å². The lowest BCUT2D eigenvalue weighted by atomic mass is 9.86. The molecule has 2 atom stereocenters. The maximum absolute atomic E-state index is 12.7. The fraction of sp³-hybridized carbons (Fsp3) is 0.158. The molecule has 2 aliphatic rings. The van der Waals surface area contributed by atoms with Gasteiger partial charge in [0.05, 0.1) is 12.1 Å². The SMILES string of the molecule is N#CC1(C#N)C(c2ccc(Cl)cc2)C12C(=O)ON=C2c1ccccc1. The molecule has 1 aliphatic heterocycles. The van der Waals surface area contributed by atoms with E-state index in [2.05, 4.69) is 17.3 Å². The molecule has 25 heavy (non-hydrogen) atoms. The number of hydrogen-bond donors (Lipinski definition) is 0. The highest BCUT2D eigenvalue weighted by Gasteiger charge is 2.88. The van der Waals surface area contributed by atoms with Gasteiger partial charge in [0.1, 0.15) is 5.71 Å². The monoisotopic (exact) mass is 347 g/mol. The van der Waals surface area contributed by atoms with Crippen LogP contribution in [-0.2, 0) is 9.63 Å². The van der Waals surface area contributed by atoms with Crippen LogP contribution in [0.3, 0.4) is 0 Å². The molecule has 1 saturated carbocycles. The van der Waals surface area contributed by atoms with Gasteiger partial charge in [-0.1, -0.05) is 59.2 Å². The van der Waals surface area contributed by atoms with Crippen LogP contribution in [0.2, 0.25) is 5.02 Å².